The molecule has 0 bridgehead atoms. The molecule has 0 unspecified atom stereocenters. The molecular weight excluding hydrogens is 174 g/mol. The van der Waals surface area contributed by atoms with Gasteiger partial charge in [-0.15, -0.1) is 0 Å². The first-order chi connectivity index (χ1) is 6.90. The van der Waals surface area contributed by atoms with E-state index in [4.69, 9.17) is 0 Å². The highest BCUT2D eigenvalue weighted by molar-refractivity contribution is 5.83. The normalized spacial score (nSPS) is 10.0. The maximum Gasteiger partial charge on any atom is 0.207 e. The first kappa shape index (κ1) is 8.75. The molecule has 0 heterocycles. The van der Waals surface area contributed by atoms with Crippen LogP contribution in [0.1, 0.15) is 5.56 Å². The van der Waals surface area contributed by atoms with Crippen molar-refractivity contribution in [1.29, 1.82) is 0 Å². The van der Waals surface area contributed by atoms with Gasteiger partial charge < -0.3 is 5.32 Å². The van der Waals surface area contributed by atoms with Gasteiger partial charge in [0.25, 0.3) is 0 Å². The van der Waals surface area contributed by atoms with E-state index >= 15 is 0 Å². The van der Waals surface area contributed by atoms with Crippen molar-refractivity contribution in [2.24, 2.45) is 0 Å². The summed E-state index contributed by atoms with van der Waals surface area (Å²) in [6, 6.07) is 14.4. The minimum atomic E-state index is 0.592. The molecular formula is C12H11NO. The van der Waals surface area contributed by atoms with E-state index in [-0.39, 0.29) is 0 Å². The van der Waals surface area contributed by atoms with Crippen LogP contribution in [0, 0.1) is 0 Å². The number of amides is 1. The van der Waals surface area contributed by atoms with E-state index in [0.29, 0.717) is 6.54 Å². The molecule has 2 aromatic carbocycles. The van der Waals surface area contributed by atoms with Crippen LogP contribution in [0.5, 0.6) is 0 Å². The predicted octanol–water partition coefficient (Wildman–Crippen LogP) is 2.09. The lowest BCUT2D eigenvalue weighted by atomic mass is 10.1. The van der Waals surface area contributed by atoms with Crippen LogP contribution in [0.4, 0.5) is 0 Å². The minimum absolute atomic E-state index is 0.592. The molecule has 1 amide bonds. The summed E-state index contributed by atoms with van der Waals surface area (Å²) < 4.78 is 0. The van der Waals surface area contributed by atoms with E-state index in [1.54, 1.807) is 0 Å². The lowest BCUT2D eigenvalue weighted by molar-refractivity contribution is -0.109. The van der Waals surface area contributed by atoms with Gasteiger partial charge in [0.05, 0.1) is 0 Å². The van der Waals surface area contributed by atoms with Crippen molar-refractivity contribution in [3.05, 3.63) is 48.0 Å². The average molecular weight is 185 g/mol. The van der Waals surface area contributed by atoms with E-state index in [2.05, 4.69) is 29.6 Å². The molecule has 0 aliphatic rings. The highest BCUT2D eigenvalue weighted by Crippen LogP contribution is 2.15. The summed E-state index contributed by atoms with van der Waals surface area (Å²) in [5, 5.41) is 5.08. The monoisotopic (exact) mass is 185 g/mol. The topological polar surface area (TPSA) is 29.1 Å². The Morgan fingerprint density at radius 3 is 2.64 bits per heavy atom. The Bertz CT molecular complexity index is 451. The van der Waals surface area contributed by atoms with Gasteiger partial charge in [-0.3, -0.25) is 4.79 Å². The molecule has 0 saturated heterocycles. The highest BCUT2D eigenvalue weighted by Gasteiger charge is 1.94. The van der Waals surface area contributed by atoms with Gasteiger partial charge in [0, 0.05) is 6.54 Å². The van der Waals surface area contributed by atoms with Gasteiger partial charge in [0.1, 0.15) is 0 Å². The van der Waals surface area contributed by atoms with Crippen LogP contribution in [0.15, 0.2) is 42.5 Å². The maximum absolute atomic E-state index is 10.1. The van der Waals surface area contributed by atoms with Gasteiger partial charge in [0.15, 0.2) is 0 Å². The zero-order valence-electron chi connectivity index (χ0n) is 7.73. The van der Waals surface area contributed by atoms with Crippen molar-refractivity contribution < 1.29 is 4.79 Å². The largest absolute Gasteiger partial charge is 0.355 e. The van der Waals surface area contributed by atoms with E-state index in [1.165, 1.54) is 10.8 Å². The Hall–Kier alpha value is -1.83. The SMILES string of the molecule is O=CNCc1ccc2ccccc2c1. The van der Waals surface area contributed by atoms with Crippen molar-refractivity contribution in [3.63, 3.8) is 0 Å². The van der Waals surface area contributed by atoms with Gasteiger partial charge in [-0.1, -0.05) is 36.4 Å². The molecule has 0 aromatic heterocycles. The number of hydrogen-bond donors (Lipinski definition) is 1. The smallest absolute Gasteiger partial charge is 0.207 e. The molecule has 0 fully saturated rings. The van der Waals surface area contributed by atoms with Crippen molar-refractivity contribution in [2.45, 2.75) is 6.54 Å². The Morgan fingerprint density at radius 1 is 1.07 bits per heavy atom. The third-order valence-corrected chi connectivity index (χ3v) is 2.20. The van der Waals surface area contributed by atoms with Gasteiger partial charge in [-0.05, 0) is 22.4 Å². The van der Waals surface area contributed by atoms with Crippen molar-refractivity contribution in [1.82, 2.24) is 5.32 Å². The molecule has 1 N–H and O–H groups in total. The van der Waals surface area contributed by atoms with Crippen LogP contribution < -0.4 is 5.32 Å². The first-order valence-electron chi connectivity index (χ1n) is 4.55. The summed E-state index contributed by atoms with van der Waals surface area (Å²) in [4.78, 5) is 10.1. The number of nitrogens with one attached hydrogen (secondary N) is 1. The minimum Gasteiger partial charge on any atom is -0.355 e. The standard InChI is InChI=1S/C12H11NO/c14-9-13-8-10-5-6-11-3-1-2-4-12(11)7-10/h1-7,9H,8H2,(H,13,14). The van der Waals surface area contributed by atoms with Crippen LogP contribution in [-0.2, 0) is 11.3 Å². The molecule has 14 heavy (non-hydrogen) atoms. The van der Waals surface area contributed by atoms with E-state index in [1.807, 2.05) is 18.2 Å². The van der Waals surface area contributed by atoms with Crippen molar-refractivity contribution in [2.75, 3.05) is 0 Å². The second kappa shape index (κ2) is 3.92. The molecule has 2 aromatic rings. The lowest BCUT2D eigenvalue weighted by Crippen LogP contribution is -2.09. The fraction of sp³-hybridized carbons (Fsp3) is 0.0833. The molecule has 2 heteroatoms. The van der Waals surface area contributed by atoms with Crippen molar-refractivity contribution in [3.8, 4) is 0 Å². The van der Waals surface area contributed by atoms with Gasteiger partial charge >= 0.3 is 0 Å². The number of benzene rings is 2. The Kier molecular flexibility index (Phi) is 2.45. The number of rotatable bonds is 3. The molecule has 0 spiro atoms. The van der Waals surface area contributed by atoms with Crippen molar-refractivity contribution >= 4 is 17.2 Å². The fourth-order valence-electron chi connectivity index (χ4n) is 1.51. The molecule has 0 saturated carbocycles. The Labute approximate surface area is 82.6 Å². The molecule has 2 rings (SSSR count). The maximum atomic E-state index is 10.1. The molecule has 0 atom stereocenters. The Morgan fingerprint density at radius 2 is 1.86 bits per heavy atom. The number of carbonyl (C=O) groups is 1. The first-order valence-corrected chi connectivity index (χ1v) is 4.55. The van der Waals surface area contributed by atoms with Gasteiger partial charge in [0.2, 0.25) is 6.41 Å². The molecule has 70 valence electrons. The van der Waals surface area contributed by atoms with Crippen LogP contribution in [0.2, 0.25) is 0 Å². The second-order valence-corrected chi connectivity index (χ2v) is 3.18. The van der Waals surface area contributed by atoms with E-state index < -0.39 is 0 Å². The molecule has 0 aliphatic heterocycles. The summed E-state index contributed by atoms with van der Waals surface area (Å²) in [6.45, 7) is 0.592. The third-order valence-electron chi connectivity index (χ3n) is 2.20. The highest BCUT2D eigenvalue weighted by atomic mass is 16.1. The predicted molar refractivity (Wildman–Crippen MR) is 56.9 cm³/mol. The molecule has 2 nitrogen and oxygen atoms in total. The van der Waals surface area contributed by atoms with E-state index in [0.717, 1.165) is 12.0 Å². The zero-order chi connectivity index (χ0) is 9.80. The van der Waals surface area contributed by atoms with Crippen LogP contribution in [-0.4, -0.2) is 6.41 Å². The number of hydrogen-bond acceptors (Lipinski definition) is 1. The average Bonchev–Trinajstić information content (AvgIpc) is 2.26. The fourth-order valence-corrected chi connectivity index (χ4v) is 1.51. The quantitative estimate of drug-likeness (QED) is 0.729. The zero-order valence-corrected chi connectivity index (χ0v) is 7.73. The summed E-state index contributed by atoms with van der Waals surface area (Å²) in [7, 11) is 0. The van der Waals surface area contributed by atoms with E-state index in [9.17, 15) is 4.79 Å². The second-order valence-electron chi connectivity index (χ2n) is 3.18. The van der Waals surface area contributed by atoms with Crippen LogP contribution in [0.25, 0.3) is 10.8 Å². The summed E-state index contributed by atoms with van der Waals surface area (Å²) in [6.07, 6.45) is 0.717. The third kappa shape index (κ3) is 1.74. The summed E-state index contributed by atoms with van der Waals surface area (Å²) in [5.74, 6) is 0. The molecule has 0 aliphatic carbocycles. The Balaban J connectivity index is 2.36. The molecule has 0 radical (unpaired) electrons. The van der Waals surface area contributed by atoms with Gasteiger partial charge in [-0.25, -0.2) is 0 Å². The number of carbonyl (C=O) groups excluding carboxylic acids is 1. The summed E-state index contributed by atoms with van der Waals surface area (Å²) >= 11 is 0. The van der Waals surface area contributed by atoms with Gasteiger partial charge in [-0.2, -0.15) is 0 Å². The lowest BCUT2D eigenvalue weighted by Gasteiger charge is -2.02. The van der Waals surface area contributed by atoms with Crippen LogP contribution >= 0.6 is 0 Å². The number of fused-ring (bicyclic) bond motifs is 1. The van der Waals surface area contributed by atoms with Crippen LogP contribution in [0.3, 0.4) is 0 Å². The summed E-state index contributed by atoms with van der Waals surface area (Å²) in [5.41, 5.74) is 1.12.